The second-order valence-electron chi connectivity index (χ2n) is 8.20. The summed E-state index contributed by atoms with van der Waals surface area (Å²) in [5.74, 6) is -1.49. The van der Waals surface area contributed by atoms with Crippen molar-refractivity contribution in [3.05, 3.63) is 30.0 Å². The summed E-state index contributed by atoms with van der Waals surface area (Å²) in [5, 5.41) is 10.4. The van der Waals surface area contributed by atoms with E-state index < -0.39 is 23.2 Å². The summed E-state index contributed by atoms with van der Waals surface area (Å²) in [6, 6.07) is 5.23. The first-order valence-electron chi connectivity index (χ1n) is 10.2. The van der Waals surface area contributed by atoms with Crippen LogP contribution in [0, 0.1) is 5.92 Å². The smallest absolute Gasteiger partial charge is 0.329 e. The van der Waals surface area contributed by atoms with Crippen LogP contribution in [-0.4, -0.2) is 51.8 Å². The van der Waals surface area contributed by atoms with Gasteiger partial charge in [0.1, 0.15) is 11.3 Å². The number of benzene rings is 1. The number of Topliss-reactive ketones (excluding diaryl/α,β-unsaturated/α-hetero) is 1. The highest BCUT2D eigenvalue weighted by molar-refractivity contribution is 6.45. The van der Waals surface area contributed by atoms with Crippen LogP contribution in [0.25, 0.3) is 10.9 Å². The number of nitrogens with one attached hydrogen (secondary N) is 1. The lowest BCUT2D eigenvalue weighted by Crippen LogP contribution is -2.52. The minimum Gasteiger partial charge on any atom is -0.497 e. The van der Waals surface area contributed by atoms with E-state index in [0.717, 1.165) is 25.7 Å². The molecule has 0 spiro atoms. The molecule has 2 aromatic rings. The zero-order valence-electron chi connectivity index (χ0n) is 16.6. The molecule has 29 heavy (non-hydrogen) atoms. The lowest BCUT2D eigenvalue weighted by atomic mass is 9.88. The minimum absolute atomic E-state index is 0.254. The van der Waals surface area contributed by atoms with Crippen LogP contribution in [0.2, 0.25) is 0 Å². The molecule has 0 saturated heterocycles. The van der Waals surface area contributed by atoms with Gasteiger partial charge in [-0.1, -0.05) is 19.3 Å². The minimum atomic E-state index is -1.22. The van der Waals surface area contributed by atoms with Gasteiger partial charge >= 0.3 is 5.97 Å². The third kappa shape index (κ3) is 3.50. The summed E-state index contributed by atoms with van der Waals surface area (Å²) < 4.78 is 5.20. The molecule has 1 aromatic carbocycles. The molecule has 2 fully saturated rings. The van der Waals surface area contributed by atoms with Crippen LogP contribution >= 0.6 is 0 Å². The Labute approximate surface area is 169 Å². The molecular formula is C22H26N2O5. The van der Waals surface area contributed by atoms with Gasteiger partial charge in [-0.05, 0) is 43.7 Å². The predicted molar refractivity (Wildman–Crippen MR) is 107 cm³/mol. The summed E-state index contributed by atoms with van der Waals surface area (Å²) in [4.78, 5) is 42.7. The maximum absolute atomic E-state index is 13.2. The fourth-order valence-corrected chi connectivity index (χ4v) is 4.46. The molecular weight excluding hydrogens is 372 g/mol. The van der Waals surface area contributed by atoms with Crippen LogP contribution in [0.4, 0.5) is 0 Å². The van der Waals surface area contributed by atoms with Crippen LogP contribution in [0.3, 0.4) is 0 Å². The number of H-pyrrole nitrogens is 1. The van der Waals surface area contributed by atoms with Crippen LogP contribution < -0.4 is 4.74 Å². The molecule has 2 aliphatic rings. The van der Waals surface area contributed by atoms with Crippen molar-refractivity contribution in [1.82, 2.24) is 9.88 Å². The molecule has 0 radical (unpaired) electrons. The Morgan fingerprint density at radius 1 is 1.21 bits per heavy atom. The third-order valence-corrected chi connectivity index (χ3v) is 6.38. The van der Waals surface area contributed by atoms with Crippen molar-refractivity contribution in [1.29, 1.82) is 0 Å². The number of fused-ring (bicyclic) bond motifs is 1. The first-order chi connectivity index (χ1) is 14.0. The number of carboxylic acids is 1. The Morgan fingerprint density at radius 3 is 2.55 bits per heavy atom. The average Bonchev–Trinajstić information content (AvgIpc) is 3.45. The topological polar surface area (TPSA) is 99.7 Å². The fourth-order valence-electron chi connectivity index (χ4n) is 4.46. The van der Waals surface area contributed by atoms with Gasteiger partial charge in [0.2, 0.25) is 0 Å². The molecule has 0 bridgehead atoms. The molecule has 0 aliphatic heterocycles. The van der Waals surface area contributed by atoms with E-state index in [1.165, 1.54) is 17.5 Å². The van der Waals surface area contributed by atoms with E-state index in [2.05, 4.69) is 4.98 Å². The molecule has 0 atom stereocenters. The van der Waals surface area contributed by atoms with E-state index in [0.29, 0.717) is 36.0 Å². The van der Waals surface area contributed by atoms with Crippen LogP contribution in [0.1, 0.15) is 55.3 Å². The number of carbonyl (C=O) groups is 3. The van der Waals surface area contributed by atoms with Crippen LogP contribution in [-0.2, 0) is 9.59 Å². The average molecular weight is 398 g/mol. The number of hydrogen-bond acceptors (Lipinski definition) is 4. The number of ether oxygens (including phenoxy) is 1. The number of methoxy groups -OCH3 is 1. The lowest BCUT2D eigenvalue weighted by Gasteiger charge is -2.33. The van der Waals surface area contributed by atoms with E-state index >= 15 is 0 Å². The summed E-state index contributed by atoms with van der Waals surface area (Å²) in [7, 11) is 1.56. The molecule has 1 heterocycles. The molecule has 7 nitrogen and oxygen atoms in total. The first kappa shape index (κ1) is 19.5. The highest BCUT2D eigenvalue weighted by Gasteiger charge is 2.58. The van der Waals surface area contributed by atoms with E-state index in [4.69, 9.17) is 4.74 Å². The van der Waals surface area contributed by atoms with Gasteiger partial charge in [0.05, 0.1) is 12.7 Å². The number of rotatable bonds is 7. The Bertz CT molecular complexity index is 953. The number of carbonyl (C=O) groups excluding carboxylic acids is 2. The van der Waals surface area contributed by atoms with E-state index in [9.17, 15) is 19.5 Å². The number of nitrogens with zero attached hydrogens (tertiary/aromatic N) is 1. The SMILES string of the molecule is COc1ccc2c(C(=O)C(=O)N(CC3CCCCC3)C3(C(=O)O)CC3)c[nH]c2c1. The maximum atomic E-state index is 13.2. The van der Waals surface area contributed by atoms with Gasteiger partial charge in [0.25, 0.3) is 11.7 Å². The van der Waals surface area contributed by atoms with Gasteiger partial charge in [-0.15, -0.1) is 0 Å². The molecule has 7 heteroatoms. The summed E-state index contributed by atoms with van der Waals surface area (Å²) in [6.45, 7) is 0.340. The number of amides is 1. The number of aromatic amines is 1. The van der Waals surface area contributed by atoms with Crippen LogP contribution in [0.15, 0.2) is 24.4 Å². The van der Waals surface area contributed by atoms with Gasteiger partial charge in [-0.3, -0.25) is 9.59 Å². The summed E-state index contributed by atoms with van der Waals surface area (Å²) in [5.41, 5.74) is -0.263. The Kier molecular flexibility index (Phi) is 5.06. The molecule has 4 rings (SSSR count). The van der Waals surface area contributed by atoms with Gasteiger partial charge in [-0.25, -0.2) is 4.79 Å². The van der Waals surface area contributed by atoms with E-state index in [-0.39, 0.29) is 11.5 Å². The zero-order valence-corrected chi connectivity index (χ0v) is 16.6. The van der Waals surface area contributed by atoms with E-state index in [1.54, 1.807) is 25.3 Å². The number of aliphatic carboxylic acids is 1. The number of aromatic nitrogens is 1. The lowest BCUT2D eigenvalue weighted by molar-refractivity contribution is -0.151. The highest BCUT2D eigenvalue weighted by atomic mass is 16.5. The van der Waals surface area contributed by atoms with Crippen molar-refractivity contribution in [2.45, 2.75) is 50.5 Å². The molecule has 2 N–H and O–H groups in total. The molecule has 0 unspecified atom stereocenters. The zero-order chi connectivity index (χ0) is 20.6. The largest absolute Gasteiger partial charge is 0.497 e. The normalized spacial score (nSPS) is 18.4. The van der Waals surface area contributed by atoms with Crippen molar-refractivity contribution < 1.29 is 24.2 Å². The van der Waals surface area contributed by atoms with Crippen molar-refractivity contribution in [3.63, 3.8) is 0 Å². The van der Waals surface area contributed by atoms with Gasteiger partial charge in [0.15, 0.2) is 0 Å². The van der Waals surface area contributed by atoms with Crippen molar-refractivity contribution in [3.8, 4) is 5.75 Å². The van der Waals surface area contributed by atoms with Gasteiger partial charge in [-0.2, -0.15) is 0 Å². The van der Waals surface area contributed by atoms with E-state index in [1.807, 2.05) is 0 Å². The monoisotopic (exact) mass is 398 g/mol. The maximum Gasteiger partial charge on any atom is 0.329 e. The number of hydrogen-bond donors (Lipinski definition) is 2. The highest BCUT2D eigenvalue weighted by Crippen LogP contribution is 2.44. The van der Waals surface area contributed by atoms with Crippen molar-refractivity contribution in [2.24, 2.45) is 5.92 Å². The first-order valence-corrected chi connectivity index (χ1v) is 10.2. The molecule has 1 amide bonds. The quantitative estimate of drug-likeness (QED) is 0.550. The number of carboxylic acid groups (broad SMARTS) is 1. The third-order valence-electron chi connectivity index (χ3n) is 6.38. The molecule has 2 saturated carbocycles. The Morgan fingerprint density at radius 2 is 1.93 bits per heavy atom. The fraction of sp³-hybridized carbons (Fsp3) is 0.500. The van der Waals surface area contributed by atoms with Crippen molar-refractivity contribution in [2.75, 3.05) is 13.7 Å². The van der Waals surface area contributed by atoms with Gasteiger partial charge < -0.3 is 19.7 Å². The summed E-state index contributed by atoms with van der Waals surface area (Å²) in [6.07, 6.45) is 7.62. The molecule has 154 valence electrons. The second kappa shape index (κ2) is 7.54. The Balaban J connectivity index is 1.63. The van der Waals surface area contributed by atoms with Gasteiger partial charge in [0, 0.05) is 29.7 Å². The van der Waals surface area contributed by atoms with Crippen LogP contribution in [0.5, 0.6) is 5.75 Å². The summed E-state index contributed by atoms with van der Waals surface area (Å²) >= 11 is 0. The predicted octanol–water partition coefficient (Wildman–Crippen LogP) is 3.39. The van der Waals surface area contributed by atoms with Crippen molar-refractivity contribution >= 4 is 28.6 Å². The Hall–Kier alpha value is -2.83. The number of ketones is 1. The molecule has 1 aromatic heterocycles. The standard InChI is InChI=1S/C22H26N2O5/c1-29-15-7-8-16-17(12-23-18(16)11-15)19(25)20(26)24(22(9-10-22)21(27)28)13-14-5-3-2-4-6-14/h7-8,11-12,14,23H,2-6,9-10,13H2,1H3,(H,27,28). The molecule has 2 aliphatic carbocycles. The second-order valence-corrected chi connectivity index (χ2v) is 8.20.